The number of benzene rings is 1. The summed E-state index contributed by atoms with van der Waals surface area (Å²) in [7, 11) is 1.53. The molecule has 2 aromatic rings. The summed E-state index contributed by atoms with van der Waals surface area (Å²) in [6, 6.07) is 8.77. The Hall–Kier alpha value is -2.36. The van der Waals surface area contributed by atoms with Gasteiger partial charge in [-0.25, -0.2) is 0 Å². The Morgan fingerprint density at radius 3 is 2.78 bits per heavy atom. The minimum Gasteiger partial charge on any atom is -0.496 e. The number of nitrogens with two attached hydrogens (primary N) is 1. The van der Waals surface area contributed by atoms with E-state index in [1.807, 2.05) is 13.0 Å². The fraction of sp³-hybridized carbons (Fsp3) is 0.143. The maximum Gasteiger partial charge on any atom is 0.217 e. The van der Waals surface area contributed by atoms with E-state index in [1.54, 1.807) is 30.5 Å². The Morgan fingerprint density at radius 2 is 2.11 bits per heavy atom. The number of aromatic nitrogens is 1. The van der Waals surface area contributed by atoms with Crippen molar-refractivity contribution in [1.82, 2.24) is 4.98 Å². The van der Waals surface area contributed by atoms with Gasteiger partial charge in [0.1, 0.15) is 11.4 Å². The minimum absolute atomic E-state index is 0.228. The van der Waals surface area contributed by atoms with Gasteiger partial charge in [-0.1, -0.05) is 11.6 Å². The molecule has 92 valence electrons. The van der Waals surface area contributed by atoms with Gasteiger partial charge in [0.05, 0.1) is 18.4 Å². The van der Waals surface area contributed by atoms with E-state index < -0.39 is 0 Å². The number of hydrogen-bond acceptors (Lipinski definition) is 4. The van der Waals surface area contributed by atoms with E-state index in [2.05, 4.69) is 4.98 Å². The van der Waals surface area contributed by atoms with Crippen LogP contribution in [0.5, 0.6) is 5.75 Å². The van der Waals surface area contributed by atoms with E-state index >= 15 is 0 Å². The summed E-state index contributed by atoms with van der Waals surface area (Å²) in [5.41, 5.74) is 7.84. The molecule has 0 amide bonds. The smallest absolute Gasteiger partial charge is 0.217 e. The van der Waals surface area contributed by atoms with E-state index in [0.29, 0.717) is 17.0 Å². The summed E-state index contributed by atoms with van der Waals surface area (Å²) >= 11 is 0. The highest BCUT2D eigenvalue weighted by Gasteiger charge is 2.17. The lowest BCUT2D eigenvalue weighted by molar-refractivity contribution is 0.103. The number of methoxy groups -OCH3 is 1. The largest absolute Gasteiger partial charge is 0.496 e. The topological polar surface area (TPSA) is 65.2 Å². The highest BCUT2D eigenvalue weighted by molar-refractivity contribution is 6.12. The second-order valence-electron chi connectivity index (χ2n) is 3.97. The highest BCUT2D eigenvalue weighted by atomic mass is 16.5. The molecule has 4 heteroatoms. The summed E-state index contributed by atoms with van der Waals surface area (Å²) in [6.07, 6.45) is 1.55. The van der Waals surface area contributed by atoms with E-state index in [1.165, 1.54) is 7.11 Å². The minimum atomic E-state index is -0.228. The molecule has 4 nitrogen and oxygen atoms in total. The van der Waals surface area contributed by atoms with Crippen molar-refractivity contribution >= 4 is 11.5 Å². The lowest BCUT2D eigenvalue weighted by Crippen LogP contribution is -2.09. The number of carbonyl (C=O) groups excluding carboxylic acids is 1. The van der Waals surface area contributed by atoms with Gasteiger partial charge in [-0.15, -0.1) is 0 Å². The number of nitrogens with zero attached hydrogens (tertiary/aromatic N) is 1. The molecule has 0 aliphatic heterocycles. The second kappa shape index (κ2) is 4.87. The number of rotatable bonds is 3. The normalized spacial score (nSPS) is 10.1. The molecule has 0 aliphatic carbocycles. The third-order valence-electron chi connectivity index (χ3n) is 2.65. The number of anilines is 1. The van der Waals surface area contributed by atoms with Crippen LogP contribution < -0.4 is 10.5 Å². The maximum absolute atomic E-state index is 12.4. The first kappa shape index (κ1) is 12.1. The van der Waals surface area contributed by atoms with Gasteiger partial charge in [0, 0.05) is 6.20 Å². The molecule has 0 unspecified atom stereocenters. The van der Waals surface area contributed by atoms with Crippen LogP contribution in [0.4, 0.5) is 5.69 Å². The van der Waals surface area contributed by atoms with E-state index in [0.717, 1.165) is 5.56 Å². The molecule has 1 aromatic carbocycles. The zero-order chi connectivity index (χ0) is 13.1. The molecule has 0 fully saturated rings. The summed E-state index contributed by atoms with van der Waals surface area (Å²) in [4.78, 5) is 16.4. The number of pyridine rings is 1. The Morgan fingerprint density at radius 1 is 1.33 bits per heavy atom. The van der Waals surface area contributed by atoms with Crippen LogP contribution >= 0.6 is 0 Å². The van der Waals surface area contributed by atoms with Gasteiger partial charge < -0.3 is 10.5 Å². The average molecular weight is 242 g/mol. The molecule has 2 N–H and O–H groups in total. The van der Waals surface area contributed by atoms with Gasteiger partial charge in [0.2, 0.25) is 5.78 Å². The molecule has 0 atom stereocenters. The van der Waals surface area contributed by atoms with Crippen LogP contribution in [-0.2, 0) is 0 Å². The van der Waals surface area contributed by atoms with E-state index in [9.17, 15) is 4.79 Å². The Balaban J connectivity index is 2.52. The van der Waals surface area contributed by atoms with Crippen molar-refractivity contribution in [2.45, 2.75) is 6.92 Å². The number of nitrogen functional groups attached to an aromatic ring is 1. The van der Waals surface area contributed by atoms with Gasteiger partial charge >= 0.3 is 0 Å². The van der Waals surface area contributed by atoms with Crippen molar-refractivity contribution in [3.63, 3.8) is 0 Å². The average Bonchev–Trinajstić information content (AvgIpc) is 2.38. The number of carbonyl (C=O) groups is 1. The van der Waals surface area contributed by atoms with Crippen molar-refractivity contribution in [3.05, 3.63) is 53.3 Å². The van der Waals surface area contributed by atoms with Crippen molar-refractivity contribution in [2.75, 3.05) is 12.8 Å². The number of aryl methyl sites for hydroxylation is 1. The van der Waals surface area contributed by atoms with Crippen molar-refractivity contribution in [1.29, 1.82) is 0 Å². The summed E-state index contributed by atoms with van der Waals surface area (Å²) in [5, 5.41) is 0. The quantitative estimate of drug-likeness (QED) is 0.838. The number of hydrogen-bond donors (Lipinski definition) is 1. The van der Waals surface area contributed by atoms with E-state index in [4.69, 9.17) is 10.5 Å². The van der Waals surface area contributed by atoms with Crippen LogP contribution in [-0.4, -0.2) is 17.9 Å². The molecule has 0 bridgehead atoms. The fourth-order valence-electron chi connectivity index (χ4n) is 1.73. The molecular weight excluding hydrogens is 228 g/mol. The Kier molecular flexibility index (Phi) is 3.28. The lowest BCUT2D eigenvalue weighted by Gasteiger charge is -2.09. The standard InChI is InChI=1S/C14H14N2O2/c1-9-5-6-12(18-2)10(8-9)14(17)13-11(15)4-3-7-16-13/h3-8H,15H2,1-2H3. The SMILES string of the molecule is COc1ccc(C)cc1C(=O)c1ncccc1N. The maximum atomic E-state index is 12.4. The fourth-order valence-corrected chi connectivity index (χ4v) is 1.73. The zero-order valence-electron chi connectivity index (χ0n) is 10.3. The first-order valence-electron chi connectivity index (χ1n) is 5.53. The van der Waals surface area contributed by atoms with Gasteiger partial charge in [-0.3, -0.25) is 9.78 Å². The van der Waals surface area contributed by atoms with Crippen LogP contribution in [0, 0.1) is 6.92 Å². The molecule has 18 heavy (non-hydrogen) atoms. The highest BCUT2D eigenvalue weighted by Crippen LogP contribution is 2.23. The van der Waals surface area contributed by atoms with Crippen LogP contribution in [0.15, 0.2) is 36.5 Å². The molecule has 1 aromatic heterocycles. The molecule has 0 saturated heterocycles. The van der Waals surface area contributed by atoms with Gasteiger partial charge in [0.25, 0.3) is 0 Å². The first-order chi connectivity index (χ1) is 8.63. The molecule has 0 radical (unpaired) electrons. The second-order valence-corrected chi connectivity index (χ2v) is 3.97. The van der Waals surface area contributed by atoms with Crippen molar-refractivity contribution in [2.24, 2.45) is 0 Å². The molecular formula is C14H14N2O2. The monoisotopic (exact) mass is 242 g/mol. The lowest BCUT2D eigenvalue weighted by atomic mass is 10.0. The summed E-state index contributed by atoms with van der Waals surface area (Å²) in [6.45, 7) is 1.91. The molecule has 1 heterocycles. The predicted molar refractivity (Wildman–Crippen MR) is 69.8 cm³/mol. The molecule has 0 saturated carbocycles. The zero-order valence-corrected chi connectivity index (χ0v) is 10.3. The third-order valence-corrected chi connectivity index (χ3v) is 2.65. The Labute approximate surface area is 105 Å². The number of ketones is 1. The Bertz CT molecular complexity index is 594. The van der Waals surface area contributed by atoms with Crippen LogP contribution in [0.25, 0.3) is 0 Å². The molecule has 0 aliphatic rings. The van der Waals surface area contributed by atoms with Crippen LogP contribution in [0.2, 0.25) is 0 Å². The predicted octanol–water partition coefficient (Wildman–Crippen LogP) is 2.21. The van der Waals surface area contributed by atoms with E-state index in [-0.39, 0.29) is 11.5 Å². The van der Waals surface area contributed by atoms with Crippen LogP contribution in [0.1, 0.15) is 21.6 Å². The number of ether oxygens (including phenoxy) is 1. The molecule has 2 rings (SSSR count). The van der Waals surface area contributed by atoms with Gasteiger partial charge in [-0.05, 0) is 31.2 Å². The third kappa shape index (κ3) is 2.18. The van der Waals surface area contributed by atoms with Gasteiger partial charge in [0.15, 0.2) is 0 Å². The van der Waals surface area contributed by atoms with Crippen LogP contribution in [0.3, 0.4) is 0 Å². The van der Waals surface area contributed by atoms with Crippen molar-refractivity contribution < 1.29 is 9.53 Å². The van der Waals surface area contributed by atoms with Crippen molar-refractivity contribution in [3.8, 4) is 5.75 Å². The molecule has 0 spiro atoms. The first-order valence-corrected chi connectivity index (χ1v) is 5.53. The summed E-state index contributed by atoms with van der Waals surface area (Å²) in [5.74, 6) is 0.296. The summed E-state index contributed by atoms with van der Waals surface area (Å²) < 4.78 is 5.19. The van der Waals surface area contributed by atoms with Gasteiger partial charge in [-0.2, -0.15) is 0 Å².